The van der Waals surface area contributed by atoms with E-state index in [9.17, 15) is 2.74 Å². The minimum Gasteiger partial charge on any atom is -0.338 e. The number of anilines is 5. The van der Waals surface area contributed by atoms with Gasteiger partial charge in [0, 0.05) is 85.2 Å². The summed E-state index contributed by atoms with van der Waals surface area (Å²) >= 11 is 0. The molecule has 5 heteroatoms. The second-order valence-corrected chi connectivity index (χ2v) is 33.4. The van der Waals surface area contributed by atoms with Crippen molar-refractivity contribution in [3.8, 4) is 61.3 Å². The zero-order chi connectivity index (χ0) is 79.1. The molecule has 0 amide bonds. The lowest BCUT2D eigenvalue weighted by molar-refractivity contribution is 0.567. The maximum atomic E-state index is 9.63. The van der Waals surface area contributed by atoms with Gasteiger partial charge in [-0.2, -0.15) is 0 Å². The highest BCUT2D eigenvalue weighted by molar-refractivity contribution is 7.00. The van der Waals surface area contributed by atoms with Crippen LogP contribution in [-0.2, 0) is 35.8 Å². The van der Waals surface area contributed by atoms with E-state index >= 15 is 0 Å². The van der Waals surface area contributed by atoms with Gasteiger partial charge in [-0.3, -0.25) is 0 Å². The van der Waals surface area contributed by atoms with Crippen LogP contribution in [0.25, 0.3) is 105 Å². The van der Waals surface area contributed by atoms with Crippen molar-refractivity contribution in [2.45, 2.75) is 98.1 Å². The van der Waals surface area contributed by atoms with Crippen molar-refractivity contribution in [2.75, 3.05) is 9.80 Å². The molecule has 0 atom stereocenters. The van der Waals surface area contributed by atoms with Crippen LogP contribution in [0.2, 0.25) is 0 Å². The molecule has 15 aromatic carbocycles. The second-order valence-electron chi connectivity index (χ2n) is 33.4. The Morgan fingerprint density at radius 3 is 1.35 bits per heavy atom. The van der Waals surface area contributed by atoms with Gasteiger partial charge in [0.2, 0.25) is 0 Å². The van der Waals surface area contributed by atoms with E-state index in [1.807, 2.05) is 6.07 Å². The van der Waals surface area contributed by atoms with Crippen LogP contribution in [0.4, 0.5) is 28.4 Å². The summed E-state index contributed by atoms with van der Waals surface area (Å²) in [6.45, 7) is 21.4. The molecule has 0 bridgehead atoms. The van der Waals surface area contributed by atoms with Crippen LogP contribution < -0.4 is 26.2 Å². The Kier molecular flexibility index (Phi) is 15.2. The number of nitrogens with zero attached hydrogens (tertiary/aromatic N) is 4. The van der Waals surface area contributed by atoms with Crippen molar-refractivity contribution >= 4 is 95.1 Å². The Morgan fingerprint density at radius 1 is 0.309 bits per heavy atom. The third-order valence-corrected chi connectivity index (χ3v) is 23.1. The Morgan fingerprint density at radius 2 is 0.782 bits per heavy atom. The molecule has 17 aromatic rings. The topological polar surface area (TPSA) is 16.3 Å². The van der Waals surface area contributed by atoms with Crippen LogP contribution >= 0.6 is 0 Å². The van der Waals surface area contributed by atoms with Crippen LogP contribution in [0.5, 0.6) is 0 Å². The molecule has 532 valence electrons. The zero-order valence-electron chi connectivity index (χ0n) is 68.9. The summed E-state index contributed by atoms with van der Waals surface area (Å²) < 4.78 is 51.3. The second kappa shape index (κ2) is 26.8. The fraction of sp³-hybridized carbons (Fsp3) is 0.143. The van der Waals surface area contributed by atoms with E-state index in [0.29, 0.717) is 25.1 Å². The van der Waals surface area contributed by atoms with Crippen molar-refractivity contribution in [3.05, 3.63) is 379 Å². The van der Waals surface area contributed by atoms with Crippen LogP contribution in [0, 0.1) is 0 Å². The Hall–Kier alpha value is -12.4. The molecule has 0 N–H and O–H groups in total. The van der Waals surface area contributed by atoms with E-state index in [-0.39, 0.29) is 52.7 Å². The Labute approximate surface area is 655 Å². The molecule has 2 aliphatic rings. The maximum absolute atomic E-state index is 9.63. The zero-order valence-corrected chi connectivity index (χ0v) is 63.9. The third kappa shape index (κ3) is 12.1. The molecule has 19 rings (SSSR count). The number of fused-ring (bicyclic) bond motifs is 10. The highest BCUT2D eigenvalue weighted by Gasteiger charge is 2.45. The summed E-state index contributed by atoms with van der Waals surface area (Å²) in [4.78, 5) is 5.17. The quantitative estimate of drug-likeness (QED) is 0.107. The number of rotatable bonds is 13. The minimum atomic E-state index is -0.426. The summed E-state index contributed by atoms with van der Waals surface area (Å²) in [5.74, 6) is 0. The molecule has 0 saturated carbocycles. The first-order valence-corrected chi connectivity index (χ1v) is 38.8. The largest absolute Gasteiger partial charge is 0.338 e. The SMILES string of the molecule is [2H]c1c([2H])c([2H])c(-c2ccc3c(c2)N(Cc2cc(-c4ccccc4)cc(-c4ccccc4)c2)c2cc(Cn4c5ccccc5c5cc(-n6c7ccccc7c7ccccc76)ccc54)cc4c2B3c2ccc(Cc3cc(C(C)(C)C)cc(C(C)(C)C)c3)cc2N4c2c(-c3ccccc3)cc(C(C)(C)C)cc2-c2ccccc2)c([2H])c1[2H]. The summed E-state index contributed by atoms with van der Waals surface area (Å²) in [5, 5.41) is 4.74. The van der Waals surface area contributed by atoms with Gasteiger partial charge in [-0.25, -0.2) is 0 Å². The van der Waals surface area contributed by atoms with E-state index in [1.54, 1.807) is 0 Å². The fourth-order valence-corrected chi connectivity index (χ4v) is 17.5. The highest BCUT2D eigenvalue weighted by Crippen LogP contribution is 2.52. The van der Waals surface area contributed by atoms with E-state index in [0.717, 1.165) is 139 Å². The van der Waals surface area contributed by atoms with Crippen molar-refractivity contribution < 1.29 is 6.85 Å². The first-order chi connectivity index (χ1) is 55.5. The molecule has 0 radical (unpaired) electrons. The highest BCUT2D eigenvalue weighted by atomic mass is 15.2. The van der Waals surface area contributed by atoms with Gasteiger partial charge in [-0.1, -0.05) is 311 Å². The summed E-state index contributed by atoms with van der Waals surface area (Å²) in [5.41, 5.74) is 31.4. The molecule has 0 spiro atoms. The predicted octanol–water partition coefficient (Wildman–Crippen LogP) is 25.7. The fourth-order valence-electron chi connectivity index (χ4n) is 17.5. The molecule has 0 fully saturated rings. The third-order valence-electron chi connectivity index (χ3n) is 23.1. The van der Waals surface area contributed by atoms with Gasteiger partial charge in [0.05, 0.1) is 23.6 Å². The van der Waals surface area contributed by atoms with Crippen LogP contribution in [0.15, 0.2) is 340 Å². The lowest BCUT2D eigenvalue weighted by atomic mass is 9.33. The monoisotopic (exact) mass is 1420 g/mol. The van der Waals surface area contributed by atoms with Crippen LogP contribution in [0.1, 0.15) is 108 Å². The molecule has 0 saturated heterocycles. The maximum Gasteiger partial charge on any atom is 0.252 e. The molecule has 4 heterocycles. The van der Waals surface area contributed by atoms with Gasteiger partial charge in [-0.15, -0.1) is 0 Å². The van der Waals surface area contributed by atoms with Crippen molar-refractivity contribution in [2.24, 2.45) is 0 Å². The first kappa shape index (κ1) is 62.6. The van der Waals surface area contributed by atoms with Gasteiger partial charge in [0.1, 0.15) is 0 Å². The lowest BCUT2D eigenvalue weighted by Crippen LogP contribution is -2.62. The van der Waals surface area contributed by atoms with Crippen LogP contribution in [0.3, 0.4) is 0 Å². The molecule has 0 unspecified atom stereocenters. The van der Waals surface area contributed by atoms with Gasteiger partial charge >= 0.3 is 0 Å². The average Bonchev–Trinajstić information content (AvgIpc) is 1.03. The number of aromatic nitrogens is 2. The number of hydrogen-bond acceptors (Lipinski definition) is 2. The molecule has 4 nitrogen and oxygen atoms in total. The first-order valence-electron chi connectivity index (χ1n) is 41.3. The number of benzene rings is 15. The summed E-state index contributed by atoms with van der Waals surface area (Å²) in [7, 11) is 0. The van der Waals surface area contributed by atoms with Gasteiger partial charge in [-0.05, 0) is 214 Å². The summed E-state index contributed by atoms with van der Waals surface area (Å²) in [6.07, 6.45) is 0.683. The predicted molar refractivity (Wildman–Crippen MR) is 470 cm³/mol. The Balaban J connectivity index is 0.934. The molecule has 0 aliphatic carbocycles. The lowest BCUT2D eigenvalue weighted by Gasteiger charge is -2.45. The average molecular weight is 1420 g/mol. The van der Waals surface area contributed by atoms with Crippen molar-refractivity contribution in [1.29, 1.82) is 0 Å². The van der Waals surface area contributed by atoms with E-state index < -0.39 is 6.04 Å². The summed E-state index contributed by atoms with van der Waals surface area (Å²) in [6, 6.07) is 113. The molecule has 2 aliphatic heterocycles. The molecular weight excluding hydrogens is 1330 g/mol. The van der Waals surface area contributed by atoms with E-state index in [4.69, 9.17) is 4.11 Å². The van der Waals surface area contributed by atoms with E-state index in [1.165, 1.54) is 38.6 Å². The standard InChI is InChI=1S/C105H89BN4/c1-103(2,3)81-56-70(57-82(63-81)104(4,5)6)53-69-47-50-92-98(58-69)110(102-88(76-37-21-13-22-38-76)64-83(105(7,8)9)65-89(102)77-39-23-14-24-40-77)100-60-72(68-107-93-44-28-25-43-87(93)90-66-84(49-52-94(90)107)109-95-45-29-26-41-85(95)86-42-27-30-46-96(86)109)59-99-101(100)106(92)91-51-48-78(73-31-15-10-16-32-73)62-97(91)108(99)67-71-54-79(74-33-17-11-18-34-74)61-80(55-71)75-35-19-12-20-36-75/h10-52,54-66H,53,67-68H2,1-9H3/i10D,15D,16D,31D,32D. The van der Waals surface area contributed by atoms with Crippen LogP contribution in [-0.4, -0.2) is 15.8 Å². The van der Waals surface area contributed by atoms with Crippen molar-refractivity contribution in [3.63, 3.8) is 0 Å². The van der Waals surface area contributed by atoms with E-state index in [2.05, 4.69) is 385 Å². The minimum absolute atomic E-state index is 0.0994. The molecule has 110 heavy (non-hydrogen) atoms. The Bertz CT molecular complexity index is 6530. The molecular formula is C105H89BN4. The smallest absolute Gasteiger partial charge is 0.252 e. The van der Waals surface area contributed by atoms with Gasteiger partial charge in [0.25, 0.3) is 6.71 Å². The number of para-hydroxylation sites is 3. The number of hydrogen-bond donors (Lipinski definition) is 0. The van der Waals surface area contributed by atoms with Gasteiger partial charge in [0.15, 0.2) is 0 Å². The normalized spacial score (nSPS) is 13.5. The van der Waals surface area contributed by atoms with Crippen molar-refractivity contribution in [1.82, 2.24) is 9.13 Å². The molecule has 2 aromatic heterocycles. The van der Waals surface area contributed by atoms with Gasteiger partial charge < -0.3 is 18.9 Å².